The Bertz CT molecular complexity index is 183. The first kappa shape index (κ1) is 10.4. The molecule has 0 spiro atoms. The second-order valence-corrected chi connectivity index (χ2v) is 4.27. The van der Waals surface area contributed by atoms with E-state index in [0.29, 0.717) is 18.8 Å². The number of fused-ring (bicyclic) bond motifs is 1. The van der Waals surface area contributed by atoms with E-state index < -0.39 is 0 Å². The van der Waals surface area contributed by atoms with E-state index in [1.54, 1.807) is 0 Å². The van der Waals surface area contributed by atoms with Crippen LogP contribution in [0.15, 0.2) is 0 Å². The maximum Gasteiger partial charge on any atom is 0.112 e. The molecule has 82 valence electrons. The number of hydrogen-bond donors (Lipinski definition) is 0. The van der Waals surface area contributed by atoms with Gasteiger partial charge in [0.2, 0.25) is 0 Å². The van der Waals surface area contributed by atoms with Crippen molar-refractivity contribution in [3.8, 4) is 0 Å². The molecule has 2 rings (SSSR count). The van der Waals surface area contributed by atoms with Crippen LogP contribution < -0.4 is 0 Å². The van der Waals surface area contributed by atoms with Crippen LogP contribution in [-0.2, 0) is 14.2 Å². The largest absolute Gasteiger partial charge is 0.373 e. The monoisotopic (exact) mass is 200 g/mol. The standard InChI is InChI=1S/C11H20O3/c1-3-4-8(2)14-10-7-13-9-5-6-12-11(9)10/h8-11H,3-7H2,1-2H3/t8-,9+,10?,11-/m0/s1. The molecule has 0 bridgehead atoms. The summed E-state index contributed by atoms with van der Waals surface area (Å²) in [5.74, 6) is 0. The first-order valence-corrected chi connectivity index (χ1v) is 5.70. The highest BCUT2D eigenvalue weighted by atomic mass is 16.6. The fourth-order valence-electron chi connectivity index (χ4n) is 2.32. The maximum absolute atomic E-state index is 5.92. The lowest BCUT2D eigenvalue weighted by molar-refractivity contribution is -0.0651. The molecule has 2 fully saturated rings. The lowest BCUT2D eigenvalue weighted by atomic mass is 10.1. The van der Waals surface area contributed by atoms with E-state index in [-0.39, 0.29) is 12.2 Å². The van der Waals surface area contributed by atoms with E-state index in [2.05, 4.69) is 13.8 Å². The van der Waals surface area contributed by atoms with Crippen LogP contribution in [0.5, 0.6) is 0 Å². The SMILES string of the molecule is CCC[C@H](C)OC1CO[C@@H]2CCO[C@H]12. The molecule has 2 heterocycles. The zero-order valence-corrected chi connectivity index (χ0v) is 9.07. The molecule has 4 atom stereocenters. The topological polar surface area (TPSA) is 27.7 Å². The summed E-state index contributed by atoms with van der Waals surface area (Å²) in [6.07, 6.45) is 4.33. The van der Waals surface area contributed by atoms with Gasteiger partial charge in [-0.1, -0.05) is 13.3 Å². The van der Waals surface area contributed by atoms with Crippen LogP contribution in [-0.4, -0.2) is 37.6 Å². The highest BCUT2D eigenvalue weighted by molar-refractivity contribution is 4.90. The molecule has 0 radical (unpaired) electrons. The van der Waals surface area contributed by atoms with Gasteiger partial charge in [-0.2, -0.15) is 0 Å². The first-order valence-electron chi connectivity index (χ1n) is 5.70. The number of hydrogen-bond acceptors (Lipinski definition) is 3. The second kappa shape index (κ2) is 4.60. The summed E-state index contributed by atoms with van der Waals surface area (Å²) in [7, 11) is 0. The van der Waals surface area contributed by atoms with E-state index in [1.807, 2.05) is 0 Å². The fourth-order valence-corrected chi connectivity index (χ4v) is 2.32. The van der Waals surface area contributed by atoms with Crippen molar-refractivity contribution in [1.29, 1.82) is 0 Å². The van der Waals surface area contributed by atoms with Gasteiger partial charge in [-0.25, -0.2) is 0 Å². The highest BCUT2D eigenvalue weighted by Crippen LogP contribution is 2.29. The molecule has 0 aromatic carbocycles. The van der Waals surface area contributed by atoms with E-state index in [0.717, 1.165) is 19.4 Å². The molecule has 14 heavy (non-hydrogen) atoms. The molecule has 0 saturated carbocycles. The van der Waals surface area contributed by atoms with Gasteiger partial charge in [0, 0.05) is 6.61 Å². The van der Waals surface area contributed by atoms with Crippen LogP contribution in [0.3, 0.4) is 0 Å². The highest BCUT2D eigenvalue weighted by Gasteiger charge is 2.42. The third-order valence-corrected chi connectivity index (χ3v) is 3.02. The number of ether oxygens (including phenoxy) is 3. The van der Waals surface area contributed by atoms with Gasteiger partial charge >= 0.3 is 0 Å². The van der Waals surface area contributed by atoms with Crippen molar-refractivity contribution in [1.82, 2.24) is 0 Å². The van der Waals surface area contributed by atoms with Gasteiger partial charge in [0.15, 0.2) is 0 Å². The van der Waals surface area contributed by atoms with Gasteiger partial charge in [0.05, 0.1) is 18.8 Å². The number of rotatable bonds is 4. The normalized spacial score (nSPS) is 38.6. The van der Waals surface area contributed by atoms with Crippen molar-refractivity contribution in [3.63, 3.8) is 0 Å². The summed E-state index contributed by atoms with van der Waals surface area (Å²) in [5, 5.41) is 0. The molecule has 0 amide bonds. The fraction of sp³-hybridized carbons (Fsp3) is 1.00. The Morgan fingerprint density at radius 3 is 3.07 bits per heavy atom. The summed E-state index contributed by atoms with van der Waals surface area (Å²) in [6.45, 7) is 5.85. The Labute approximate surface area is 85.7 Å². The molecular weight excluding hydrogens is 180 g/mol. The van der Waals surface area contributed by atoms with Crippen molar-refractivity contribution in [2.75, 3.05) is 13.2 Å². The zero-order valence-electron chi connectivity index (χ0n) is 9.07. The molecule has 0 N–H and O–H groups in total. The predicted octanol–water partition coefficient (Wildman–Crippen LogP) is 1.75. The summed E-state index contributed by atoms with van der Waals surface area (Å²) in [4.78, 5) is 0. The minimum Gasteiger partial charge on any atom is -0.373 e. The molecule has 0 aliphatic carbocycles. The van der Waals surface area contributed by atoms with Crippen LogP contribution in [0.4, 0.5) is 0 Å². The summed E-state index contributed by atoms with van der Waals surface area (Å²) < 4.78 is 17.2. The predicted molar refractivity (Wildman–Crippen MR) is 53.3 cm³/mol. The molecule has 3 heteroatoms. The second-order valence-electron chi connectivity index (χ2n) is 4.27. The van der Waals surface area contributed by atoms with Gasteiger partial charge < -0.3 is 14.2 Å². The van der Waals surface area contributed by atoms with Gasteiger partial charge in [-0.05, 0) is 19.8 Å². The van der Waals surface area contributed by atoms with Gasteiger partial charge in [0.1, 0.15) is 12.2 Å². The molecule has 0 aromatic rings. The quantitative estimate of drug-likeness (QED) is 0.692. The average molecular weight is 200 g/mol. The van der Waals surface area contributed by atoms with Crippen LogP contribution in [0.2, 0.25) is 0 Å². The van der Waals surface area contributed by atoms with E-state index in [4.69, 9.17) is 14.2 Å². The Morgan fingerprint density at radius 2 is 2.29 bits per heavy atom. The van der Waals surface area contributed by atoms with Crippen LogP contribution in [0, 0.1) is 0 Å². The maximum atomic E-state index is 5.92. The first-order chi connectivity index (χ1) is 6.81. The molecule has 2 aliphatic heterocycles. The van der Waals surface area contributed by atoms with Gasteiger partial charge in [-0.15, -0.1) is 0 Å². The van der Waals surface area contributed by atoms with Crippen molar-refractivity contribution in [2.45, 2.75) is 57.5 Å². The Balaban J connectivity index is 1.80. The van der Waals surface area contributed by atoms with Crippen LogP contribution in [0.1, 0.15) is 33.1 Å². The Hall–Kier alpha value is -0.120. The van der Waals surface area contributed by atoms with E-state index in [1.165, 1.54) is 6.42 Å². The van der Waals surface area contributed by atoms with Crippen molar-refractivity contribution >= 4 is 0 Å². The van der Waals surface area contributed by atoms with Crippen LogP contribution in [0.25, 0.3) is 0 Å². The molecule has 3 nitrogen and oxygen atoms in total. The third kappa shape index (κ3) is 2.10. The average Bonchev–Trinajstić information content (AvgIpc) is 2.70. The minimum absolute atomic E-state index is 0.170. The minimum atomic E-state index is 0.170. The van der Waals surface area contributed by atoms with Crippen molar-refractivity contribution < 1.29 is 14.2 Å². The third-order valence-electron chi connectivity index (χ3n) is 3.02. The lowest BCUT2D eigenvalue weighted by Gasteiger charge is -2.21. The summed E-state index contributed by atoms with van der Waals surface area (Å²) in [6, 6.07) is 0. The van der Waals surface area contributed by atoms with E-state index >= 15 is 0 Å². The van der Waals surface area contributed by atoms with E-state index in [9.17, 15) is 0 Å². The zero-order chi connectivity index (χ0) is 9.97. The molecule has 2 saturated heterocycles. The summed E-state index contributed by atoms with van der Waals surface area (Å²) in [5.41, 5.74) is 0. The molecule has 2 aliphatic rings. The molecule has 0 aromatic heterocycles. The van der Waals surface area contributed by atoms with Crippen molar-refractivity contribution in [2.24, 2.45) is 0 Å². The smallest absolute Gasteiger partial charge is 0.112 e. The molecule has 1 unspecified atom stereocenters. The lowest BCUT2D eigenvalue weighted by Crippen LogP contribution is -2.32. The van der Waals surface area contributed by atoms with Gasteiger partial charge in [-0.3, -0.25) is 0 Å². The Morgan fingerprint density at radius 1 is 1.43 bits per heavy atom. The van der Waals surface area contributed by atoms with Gasteiger partial charge in [0.25, 0.3) is 0 Å². The van der Waals surface area contributed by atoms with Crippen LogP contribution >= 0.6 is 0 Å². The Kier molecular flexibility index (Phi) is 3.42. The molecular formula is C11H20O3. The summed E-state index contributed by atoms with van der Waals surface area (Å²) >= 11 is 0. The van der Waals surface area contributed by atoms with Crippen molar-refractivity contribution in [3.05, 3.63) is 0 Å².